The van der Waals surface area contributed by atoms with Crippen LogP contribution in [-0.4, -0.2) is 25.2 Å². The number of amides is 1. The Kier molecular flexibility index (Phi) is 3.80. The largest absolute Gasteiger partial charge is 0.381 e. The molecule has 1 heterocycles. The predicted molar refractivity (Wildman–Crippen MR) is 77.5 cm³/mol. The van der Waals surface area contributed by atoms with Crippen LogP contribution in [0.5, 0.6) is 0 Å². The summed E-state index contributed by atoms with van der Waals surface area (Å²) in [4.78, 5) is 12.0. The van der Waals surface area contributed by atoms with Crippen molar-refractivity contribution in [2.24, 2.45) is 5.41 Å². The molecule has 0 saturated heterocycles. The van der Waals surface area contributed by atoms with E-state index in [4.69, 9.17) is 4.74 Å². The molecule has 2 rings (SSSR count). The molecule has 1 amide bonds. The minimum atomic E-state index is 0.0214. The third-order valence-corrected chi connectivity index (χ3v) is 5.39. The van der Waals surface area contributed by atoms with Gasteiger partial charge >= 0.3 is 0 Å². The predicted octanol–water partition coefficient (Wildman–Crippen LogP) is 2.90. The summed E-state index contributed by atoms with van der Waals surface area (Å²) in [5, 5.41) is 4.98. The van der Waals surface area contributed by atoms with Gasteiger partial charge in [0.25, 0.3) is 5.91 Å². The standard InChI is InChI=1S/C12H16INO2S/c1-12(2)8(5-9(12)16-3)14-11(15)7-4-10(13)17-6-7/h4,6,8-9H,5H2,1-3H3,(H,14,15). The van der Waals surface area contributed by atoms with Crippen LogP contribution in [0.25, 0.3) is 0 Å². The number of carbonyl (C=O) groups is 1. The first kappa shape index (κ1) is 13.3. The summed E-state index contributed by atoms with van der Waals surface area (Å²) in [6.07, 6.45) is 1.15. The van der Waals surface area contributed by atoms with Crippen molar-refractivity contribution in [3.63, 3.8) is 0 Å². The van der Waals surface area contributed by atoms with Gasteiger partial charge in [-0.15, -0.1) is 11.3 Å². The Morgan fingerprint density at radius 2 is 2.35 bits per heavy atom. The Hall–Kier alpha value is -0.140. The number of ether oxygens (including phenoxy) is 1. The molecule has 3 nitrogen and oxygen atoms in total. The Morgan fingerprint density at radius 3 is 2.82 bits per heavy atom. The number of hydrogen-bond acceptors (Lipinski definition) is 3. The molecule has 0 spiro atoms. The van der Waals surface area contributed by atoms with Crippen LogP contribution in [0.3, 0.4) is 0 Å². The van der Waals surface area contributed by atoms with Crippen LogP contribution in [0.2, 0.25) is 0 Å². The normalized spacial score (nSPS) is 26.4. The van der Waals surface area contributed by atoms with E-state index < -0.39 is 0 Å². The zero-order chi connectivity index (χ0) is 12.6. The van der Waals surface area contributed by atoms with Crippen molar-refractivity contribution in [3.8, 4) is 0 Å². The summed E-state index contributed by atoms with van der Waals surface area (Å²) < 4.78 is 6.51. The Labute approximate surface area is 119 Å². The highest BCUT2D eigenvalue weighted by Crippen LogP contribution is 2.42. The summed E-state index contributed by atoms with van der Waals surface area (Å²) >= 11 is 3.82. The van der Waals surface area contributed by atoms with Crippen molar-refractivity contribution < 1.29 is 9.53 Å². The number of methoxy groups -OCH3 is 1. The molecule has 1 saturated carbocycles. The van der Waals surface area contributed by atoms with E-state index >= 15 is 0 Å². The molecular weight excluding hydrogens is 349 g/mol. The van der Waals surface area contributed by atoms with E-state index in [0.29, 0.717) is 0 Å². The molecule has 0 aromatic carbocycles. The minimum Gasteiger partial charge on any atom is -0.381 e. The second-order valence-electron chi connectivity index (χ2n) is 4.95. The van der Waals surface area contributed by atoms with E-state index in [9.17, 15) is 4.79 Å². The van der Waals surface area contributed by atoms with Gasteiger partial charge in [-0.2, -0.15) is 0 Å². The molecule has 1 fully saturated rings. The molecule has 1 aromatic rings. The third kappa shape index (κ3) is 2.51. The maximum atomic E-state index is 12.0. The van der Waals surface area contributed by atoms with Crippen molar-refractivity contribution in [1.29, 1.82) is 0 Å². The fraction of sp³-hybridized carbons (Fsp3) is 0.583. The molecule has 17 heavy (non-hydrogen) atoms. The summed E-state index contributed by atoms with van der Waals surface area (Å²) in [6, 6.07) is 2.12. The van der Waals surface area contributed by atoms with E-state index in [-0.39, 0.29) is 23.5 Å². The van der Waals surface area contributed by atoms with Crippen molar-refractivity contribution in [2.45, 2.75) is 32.4 Å². The van der Waals surface area contributed by atoms with Crippen molar-refractivity contribution in [1.82, 2.24) is 5.32 Å². The molecule has 0 radical (unpaired) electrons. The highest BCUT2D eigenvalue weighted by Gasteiger charge is 2.49. The number of hydrogen-bond donors (Lipinski definition) is 1. The summed E-state index contributed by atoms with van der Waals surface area (Å²) in [6.45, 7) is 4.26. The average molecular weight is 365 g/mol. The molecule has 94 valence electrons. The zero-order valence-corrected chi connectivity index (χ0v) is 13.1. The number of rotatable bonds is 3. The monoisotopic (exact) mass is 365 g/mol. The van der Waals surface area contributed by atoms with Gasteiger partial charge in [-0.3, -0.25) is 4.79 Å². The molecule has 2 atom stereocenters. The number of carbonyl (C=O) groups excluding carboxylic acids is 1. The summed E-state index contributed by atoms with van der Waals surface area (Å²) in [7, 11) is 1.73. The van der Waals surface area contributed by atoms with Gasteiger partial charge in [-0.05, 0) is 35.1 Å². The molecule has 1 aromatic heterocycles. The van der Waals surface area contributed by atoms with E-state index in [0.717, 1.165) is 14.9 Å². The third-order valence-electron chi connectivity index (χ3n) is 3.60. The second-order valence-corrected chi connectivity index (χ2v) is 7.75. The molecule has 1 N–H and O–H groups in total. The van der Waals surface area contributed by atoms with Crippen LogP contribution in [0.4, 0.5) is 0 Å². The van der Waals surface area contributed by atoms with Gasteiger partial charge in [-0.25, -0.2) is 0 Å². The fourth-order valence-electron chi connectivity index (χ4n) is 2.20. The van der Waals surface area contributed by atoms with E-state index in [1.54, 1.807) is 18.4 Å². The van der Waals surface area contributed by atoms with Gasteiger partial charge in [0, 0.05) is 23.9 Å². The highest BCUT2D eigenvalue weighted by atomic mass is 127. The molecule has 1 aliphatic carbocycles. The van der Waals surface area contributed by atoms with Gasteiger partial charge in [0.1, 0.15) is 0 Å². The lowest BCUT2D eigenvalue weighted by molar-refractivity contribution is -0.0942. The SMILES string of the molecule is COC1CC(NC(=O)c2csc(I)c2)C1(C)C. The van der Waals surface area contributed by atoms with Crippen LogP contribution in [0.15, 0.2) is 11.4 Å². The average Bonchev–Trinajstić information content (AvgIpc) is 2.70. The van der Waals surface area contributed by atoms with Gasteiger partial charge in [0.15, 0.2) is 0 Å². The molecule has 5 heteroatoms. The van der Waals surface area contributed by atoms with Gasteiger partial charge in [-0.1, -0.05) is 13.8 Å². The number of thiophene rings is 1. The highest BCUT2D eigenvalue weighted by molar-refractivity contribution is 14.1. The fourth-order valence-corrected chi connectivity index (χ4v) is 3.53. The van der Waals surface area contributed by atoms with Crippen molar-refractivity contribution in [3.05, 3.63) is 19.9 Å². The zero-order valence-electron chi connectivity index (χ0n) is 10.1. The number of halogens is 1. The van der Waals surface area contributed by atoms with Gasteiger partial charge in [0.2, 0.25) is 0 Å². The maximum Gasteiger partial charge on any atom is 0.252 e. The van der Waals surface area contributed by atoms with Gasteiger partial charge in [0.05, 0.1) is 14.6 Å². The summed E-state index contributed by atoms with van der Waals surface area (Å²) in [5.74, 6) is 0.0248. The van der Waals surface area contributed by atoms with Crippen LogP contribution >= 0.6 is 33.9 Å². The lowest BCUT2D eigenvalue weighted by atomic mass is 9.64. The van der Waals surface area contributed by atoms with E-state index in [1.807, 2.05) is 11.4 Å². The lowest BCUT2D eigenvalue weighted by Gasteiger charge is -2.51. The molecule has 0 bridgehead atoms. The van der Waals surface area contributed by atoms with E-state index in [2.05, 4.69) is 41.8 Å². The molecule has 0 aliphatic heterocycles. The second kappa shape index (κ2) is 4.85. The molecule has 2 unspecified atom stereocenters. The summed E-state index contributed by atoms with van der Waals surface area (Å²) in [5.41, 5.74) is 0.782. The smallest absolute Gasteiger partial charge is 0.252 e. The first-order valence-electron chi connectivity index (χ1n) is 5.53. The molecular formula is C12H16INO2S. The maximum absolute atomic E-state index is 12.0. The van der Waals surface area contributed by atoms with Crippen molar-refractivity contribution >= 4 is 39.8 Å². The van der Waals surface area contributed by atoms with Crippen LogP contribution in [-0.2, 0) is 4.74 Å². The quantitative estimate of drug-likeness (QED) is 0.837. The Balaban J connectivity index is 1.97. The first-order chi connectivity index (χ1) is 7.95. The van der Waals surface area contributed by atoms with E-state index in [1.165, 1.54) is 0 Å². The topological polar surface area (TPSA) is 38.3 Å². The molecule has 1 aliphatic rings. The lowest BCUT2D eigenvalue weighted by Crippen LogP contribution is -2.61. The Bertz CT molecular complexity index is 430. The Morgan fingerprint density at radius 1 is 1.65 bits per heavy atom. The number of nitrogens with one attached hydrogen (secondary N) is 1. The van der Waals surface area contributed by atoms with Crippen LogP contribution in [0.1, 0.15) is 30.6 Å². The van der Waals surface area contributed by atoms with Crippen LogP contribution in [0, 0.1) is 8.30 Å². The van der Waals surface area contributed by atoms with Gasteiger partial charge < -0.3 is 10.1 Å². The van der Waals surface area contributed by atoms with Crippen LogP contribution < -0.4 is 5.32 Å². The van der Waals surface area contributed by atoms with Crippen molar-refractivity contribution in [2.75, 3.05) is 7.11 Å². The minimum absolute atomic E-state index is 0.0214. The first-order valence-corrected chi connectivity index (χ1v) is 7.48.